The average molecular weight is 327 g/mol. The van der Waals surface area contributed by atoms with E-state index in [4.69, 9.17) is 5.73 Å². The summed E-state index contributed by atoms with van der Waals surface area (Å²) in [6.45, 7) is 3.74. The number of anilines is 3. The number of hydrogen-bond acceptors (Lipinski definition) is 5. The van der Waals surface area contributed by atoms with Crippen LogP contribution in [-0.2, 0) is 6.42 Å². The zero-order chi connectivity index (χ0) is 17.0. The number of hydrogen-bond donors (Lipinski definition) is 3. The van der Waals surface area contributed by atoms with Crippen molar-refractivity contribution in [3.8, 4) is 0 Å². The molecule has 0 aliphatic carbocycles. The Morgan fingerprint density at radius 2 is 1.83 bits per heavy atom. The highest BCUT2D eigenvalue weighted by Crippen LogP contribution is 2.16. The van der Waals surface area contributed by atoms with E-state index in [1.165, 1.54) is 31.2 Å². The first kappa shape index (κ1) is 18.2. The van der Waals surface area contributed by atoms with Crippen LogP contribution in [0, 0.1) is 0 Å². The van der Waals surface area contributed by atoms with E-state index in [0.29, 0.717) is 12.5 Å². The molecule has 4 N–H and O–H groups in total. The number of rotatable bonds is 11. The second kappa shape index (κ2) is 10.6. The van der Waals surface area contributed by atoms with Gasteiger partial charge < -0.3 is 16.4 Å². The minimum atomic E-state index is 0.600. The molecule has 1 aromatic heterocycles. The van der Waals surface area contributed by atoms with Crippen molar-refractivity contribution >= 4 is 17.5 Å². The fourth-order valence-electron chi connectivity index (χ4n) is 2.48. The van der Waals surface area contributed by atoms with Gasteiger partial charge in [0.2, 0.25) is 5.95 Å². The normalized spacial score (nSPS) is 10.6. The molecule has 1 heterocycles. The van der Waals surface area contributed by atoms with Crippen LogP contribution in [0.25, 0.3) is 0 Å². The topological polar surface area (TPSA) is 75.9 Å². The quantitative estimate of drug-likeness (QED) is 0.542. The van der Waals surface area contributed by atoms with Gasteiger partial charge in [0.15, 0.2) is 0 Å². The molecule has 5 heteroatoms. The molecule has 0 amide bonds. The fraction of sp³-hybridized carbons (Fsp3) is 0.474. The summed E-state index contributed by atoms with van der Waals surface area (Å²) in [5, 5.41) is 6.49. The lowest BCUT2D eigenvalue weighted by molar-refractivity contribution is 0.667. The second-order valence-electron chi connectivity index (χ2n) is 5.97. The molecule has 2 rings (SSSR count). The van der Waals surface area contributed by atoms with E-state index < -0.39 is 0 Å². The van der Waals surface area contributed by atoms with E-state index in [0.717, 1.165) is 30.9 Å². The molecule has 0 bridgehead atoms. The van der Waals surface area contributed by atoms with Crippen molar-refractivity contribution in [2.75, 3.05) is 23.7 Å². The average Bonchev–Trinajstić information content (AvgIpc) is 2.61. The van der Waals surface area contributed by atoms with E-state index in [2.05, 4.69) is 51.8 Å². The fourth-order valence-corrected chi connectivity index (χ4v) is 2.48. The molecule has 130 valence electrons. The minimum absolute atomic E-state index is 0.600. The van der Waals surface area contributed by atoms with Crippen molar-refractivity contribution in [3.63, 3.8) is 0 Å². The van der Waals surface area contributed by atoms with Crippen LogP contribution in [0.3, 0.4) is 0 Å². The minimum Gasteiger partial charge on any atom is -0.370 e. The molecule has 0 saturated carbocycles. The maximum atomic E-state index is 5.50. The molecule has 24 heavy (non-hydrogen) atoms. The molecular formula is C19H29N5. The van der Waals surface area contributed by atoms with Crippen LogP contribution in [0.2, 0.25) is 0 Å². The van der Waals surface area contributed by atoms with E-state index >= 15 is 0 Å². The maximum Gasteiger partial charge on any atom is 0.229 e. The predicted octanol–water partition coefficient (Wildman–Crippen LogP) is 4.10. The highest BCUT2D eigenvalue weighted by atomic mass is 15.1. The summed E-state index contributed by atoms with van der Waals surface area (Å²) in [5.41, 5.74) is 7.89. The first-order chi connectivity index (χ1) is 11.8. The number of nitrogens with zero attached hydrogens (tertiary/aromatic N) is 2. The number of nitrogens with one attached hydrogen (secondary N) is 2. The highest BCUT2D eigenvalue weighted by molar-refractivity contribution is 5.55. The number of benzene rings is 1. The Hall–Kier alpha value is -2.14. The molecule has 0 fully saturated rings. The van der Waals surface area contributed by atoms with Crippen LogP contribution in [-0.4, -0.2) is 23.1 Å². The van der Waals surface area contributed by atoms with Gasteiger partial charge in [0.05, 0.1) is 0 Å². The van der Waals surface area contributed by atoms with Crippen molar-refractivity contribution in [3.05, 3.63) is 42.1 Å². The van der Waals surface area contributed by atoms with Crippen LogP contribution in [0.1, 0.15) is 44.6 Å². The van der Waals surface area contributed by atoms with Gasteiger partial charge in [-0.25, -0.2) is 4.98 Å². The standard InChI is InChI=1S/C19H29N5/c1-2-3-4-5-7-16-8-10-17(11-9-16)23-19-22-15-12-18(24-19)21-14-6-13-20/h8-12,15H,2-7,13-14,20H2,1H3,(H2,21,22,23,24). The van der Waals surface area contributed by atoms with E-state index in [1.807, 2.05) is 6.07 Å². The first-order valence-electron chi connectivity index (χ1n) is 8.94. The first-order valence-corrected chi connectivity index (χ1v) is 8.94. The van der Waals surface area contributed by atoms with Gasteiger partial charge in [0.1, 0.15) is 5.82 Å². The lowest BCUT2D eigenvalue weighted by Gasteiger charge is -2.09. The van der Waals surface area contributed by atoms with E-state index in [1.54, 1.807) is 6.20 Å². The largest absolute Gasteiger partial charge is 0.370 e. The van der Waals surface area contributed by atoms with Crippen molar-refractivity contribution in [1.29, 1.82) is 0 Å². The maximum absolute atomic E-state index is 5.50. The predicted molar refractivity (Wildman–Crippen MR) is 102 cm³/mol. The molecule has 0 spiro atoms. The van der Waals surface area contributed by atoms with Gasteiger partial charge in [0, 0.05) is 18.4 Å². The Labute approximate surface area is 145 Å². The summed E-state index contributed by atoms with van der Waals surface area (Å²) >= 11 is 0. The van der Waals surface area contributed by atoms with Crippen molar-refractivity contribution in [2.24, 2.45) is 5.73 Å². The van der Waals surface area contributed by atoms with Gasteiger partial charge in [-0.15, -0.1) is 0 Å². The highest BCUT2D eigenvalue weighted by Gasteiger charge is 2.01. The Morgan fingerprint density at radius 3 is 2.58 bits per heavy atom. The Morgan fingerprint density at radius 1 is 1.00 bits per heavy atom. The van der Waals surface area contributed by atoms with Gasteiger partial charge in [-0.1, -0.05) is 38.3 Å². The molecule has 0 atom stereocenters. The summed E-state index contributed by atoms with van der Waals surface area (Å²) < 4.78 is 0. The van der Waals surface area contributed by atoms with Gasteiger partial charge in [-0.3, -0.25) is 0 Å². The molecule has 1 aromatic carbocycles. The Bertz CT molecular complexity index is 583. The summed E-state index contributed by atoms with van der Waals surface area (Å²) in [7, 11) is 0. The Kier molecular flexibility index (Phi) is 8.04. The van der Waals surface area contributed by atoms with Crippen molar-refractivity contribution < 1.29 is 0 Å². The van der Waals surface area contributed by atoms with Crippen LogP contribution in [0.4, 0.5) is 17.5 Å². The molecule has 0 aliphatic heterocycles. The van der Waals surface area contributed by atoms with Crippen LogP contribution < -0.4 is 16.4 Å². The zero-order valence-electron chi connectivity index (χ0n) is 14.6. The van der Waals surface area contributed by atoms with Crippen LogP contribution >= 0.6 is 0 Å². The van der Waals surface area contributed by atoms with Crippen molar-refractivity contribution in [1.82, 2.24) is 9.97 Å². The van der Waals surface area contributed by atoms with Gasteiger partial charge in [-0.05, 0) is 49.6 Å². The summed E-state index contributed by atoms with van der Waals surface area (Å²) in [6.07, 6.45) is 9.01. The molecule has 0 saturated heterocycles. The van der Waals surface area contributed by atoms with Gasteiger partial charge in [0.25, 0.3) is 0 Å². The molecular weight excluding hydrogens is 298 g/mol. The van der Waals surface area contributed by atoms with E-state index in [-0.39, 0.29) is 0 Å². The monoisotopic (exact) mass is 327 g/mol. The smallest absolute Gasteiger partial charge is 0.229 e. The number of aromatic nitrogens is 2. The Balaban J connectivity index is 1.85. The third-order valence-electron chi connectivity index (χ3n) is 3.87. The summed E-state index contributed by atoms with van der Waals surface area (Å²) in [6, 6.07) is 10.4. The molecule has 5 nitrogen and oxygen atoms in total. The SMILES string of the molecule is CCCCCCc1ccc(Nc2nccc(NCCCN)n2)cc1. The molecule has 0 aliphatic rings. The second-order valence-corrected chi connectivity index (χ2v) is 5.97. The third kappa shape index (κ3) is 6.54. The molecule has 0 unspecified atom stereocenters. The van der Waals surface area contributed by atoms with Gasteiger partial charge >= 0.3 is 0 Å². The van der Waals surface area contributed by atoms with Crippen LogP contribution in [0.15, 0.2) is 36.5 Å². The molecule has 0 radical (unpaired) electrons. The summed E-state index contributed by atoms with van der Waals surface area (Å²) in [4.78, 5) is 8.73. The number of nitrogens with two attached hydrogens (primary N) is 1. The number of unbranched alkanes of at least 4 members (excludes halogenated alkanes) is 3. The lowest BCUT2D eigenvalue weighted by Crippen LogP contribution is -2.10. The zero-order valence-corrected chi connectivity index (χ0v) is 14.6. The number of aryl methyl sites for hydroxylation is 1. The third-order valence-corrected chi connectivity index (χ3v) is 3.87. The van der Waals surface area contributed by atoms with Crippen LogP contribution in [0.5, 0.6) is 0 Å². The van der Waals surface area contributed by atoms with E-state index in [9.17, 15) is 0 Å². The summed E-state index contributed by atoms with van der Waals surface area (Å²) in [5.74, 6) is 1.41. The molecule has 2 aromatic rings. The van der Waals surface area contributed by atoms with Crippen molar-refractivity contribution in [2.45, 2.75) is 45.4 Å². The van der Waals surface area contributed by atoms with Gasteiger partial charge in [-0.2, -0.15) is 4.98 Å². The lowest BCUT2D eigenvalue weighted by atomic mass is 10.1.